The lowest BCUT2D eigenvalue weighted by Crippen LogP contribution is -2.30. The zero-order chi connectivity index (χ0) is 9.68. The van der Waals surface area contributed by atoms with E-state index in [2.05, 4.69) is 5.10 Å². The topological polar surface area (TPSA) is 80.9 Å². The van der Waals surface area contributed by atoms with E-state index in [1.54, 1.807) is 29.7 Å². The van der Waals surface area contributed by atoms with Gasteiger partial charge in [0.1, 0.15) is 12.4 Å². The van der Waals surface area contributed by atoms with Crippen molar-refractivity contribution in [2.45, 2.75) is 0 Å². The van der Waals surface area contributed by atoms with Crippen molar-refractivity contribution in [1.82, 2.24) is 10.5 Å². The Morgan fingerprint density at radius 2 is 2.62 bits per heavy atom. The van der Waals surface area contributed by atoms with E-state index >= 15 is 0 Å². The van der Waals surface area contributed by atoms with E-state index in [0.717, 1.165) is 0 Å². The molecule has 0 unspecified atom stereocenters. The largest absolute Gasteiger partial charge is 0.356 e. The lowest BCUT2D eigenvalue weighted by Gasteiger charge is -2.16. The summed E-state index contributed by atoms with van der Waals surface area (Å²) in [7, 11) is 1.73. The van der Waals surface area contributed by atoms with E-state index in [-0.39, 0.29) is 5.84 Å². The smallest absolute Gasteiger partial charge is 0.170 e. The van der Waals surface area contributed by atoms with E-state index in [0.29, 0.717) is 19.0 Å². The van der Waals surface area contributed by atoms with Gasteiger partial charge in [0.2, 0.25) is 0 Å². The van der Waals surface area contributed by atoms with Crippen molar-refractivity contribution in [3.8, 4) is 0 Å². The van der Waals surface area contributed by atoms with Gasteiger partial charge in [-0.2, -0.15) is 5.10 Å². The molecule has 0 saturated heterocycles. The van der Waals surface area contributed by atoms with Gasteiger partial charge in [-0.25, -0.2) is 0 Å². The predicted molar refractivity (Wildman–Crippen MR) is 47.8 cm³/mol. The molecule has 0 aliphatic carbocycles. The molecule has 0 atom stereocenters. The Kier molecular flexibility index (Phi) is 3.41. The van der Waals surface area contributed by atoms with Crippen LogP contribution >= 0.6 is 0 Å². The molecule has 1 heterocycles. The van der Waals surface area contributed by atoms with Gasteiger partial charge in [0.25, 0.3) is 0 Å². The van der Waals surface area contributed by atoms with Gasteiger partial charge in [-0.3, -0.25) is 21.1 Å². The third-order valence-corrected chi connectivity index (χ3v) is 1.41. The summed E-state index contributed by atoms with van der Waals surface area (Å²) in [5.74, 6) is -0.134. The number of hydrogen-bond donors (Lipinski definition) is 3. The second-order valence-corrected chi connectivity index (χ2v) is 2.53. The molecule has 13 heavy (non-hydrogen) atoms. The molecule has 3 N–H and O–H groups in total. The first kappa shape index (κ1) is 9.69. The molecule has 72 valence electrons. The molecular formula is C7H12N4O2. The average molecular weight is 184 g/mol. The van der Waals surface area contributed by atoms with Gasteiger partial charge in [-0.15, -0.1) is 0 Å². The maximum Gasteiger partial charge on any atom is 0.170 e. The Morgan fingerprint density at radius 1 is 1.85 bits per heavy atom. The first-order chi connectivity index (χ1) is 6.24. The van der Waals surface area contributed by atoms with Crippen molar-refractivity contribution >= 4 is 11.5 Å². The summed E-state index contributed by atoms with van der Waals surface area (Å²) in [5.41, 5.74) is 2.11. The van der Waals surface area contributed by atoms with Crippen LogP contribution in [0.4, 0.5) is 0 Å². The predicted octanol–water partition coefficient (Wildman–Crippen LogP) is -0.226. The van der Waals surface area contributed by atoms with Crippen molar-refractivity contribution in [3.05, 3.63) is 12.2 Å². The second kappa shape index (κ2) is 4.58. The van der Waals surface area contributed by atoms with Crippen LogP contribution in [0.3, 0.4) is 0 Å². The highest BCUT2D eigenvalue weighted by atomic mass is 16.5. The van der Waals surface area contributed by atoms with E-state index in [1.165, 1.54) is 0 Å². The molecule has 6 nitrogen and oxygen atoms in total. The Bertz CT molecular complexity index is 249. The summed E-state index contributed by atoms with van der Waals surface area (Å²) in [6.45, 7) is 0.842. The summed E-state index contributed by atoms with van der Waals surface area (Å²) in [4.78, 5) is 0. The third kappa shape index (κ3) is 2.85. The number of ether oxygens (including phenoxy) is 1. The van der Waals surface area contributed by atoms with Gasteiger partial charge in [0, 0.05) is 7.05 Å². The van der Waals surface area contributed by atoms with E-state index < -0.39 is 0 Å². The van der Waals surface area contributed by atoms with E-state index in [4.69, 9.17) is 15.4 Å². The van der Waals surface area contributed by atoms with Crippen LogP contribution < -0.4 is 5.48 Å². The molecule has 0 fully saturated rings. The molecular weight excluding hydrogens is 172 g/mol. The van der Waals surface area contributed by atoms with Crippen LogP contribution in [0.1, 0.15) is 0 Å². The van der Waals surface area contributed by atoms with Crippen LogP contribution in [-0.2, 0) is 4.74 Å². The monoisotopic (exact) mass is 184 g/mol. The molecule has 1 aliphatic heterocycles. The highest BCUT2D eigenvalue weighted by molar-refractivity contribution is 6.44. The molecule has 0 bridgehead atoms. The number of amidine groups is 1. The number of hydrazone groups is 1. The summed E-state index contributed by atoms with van der Waals surface area (Å²) in [6, 6.07) is 0. The number of nitrogens with zero attached hydrogens (tertiary/aromatic N) is 2. The number of rotatable bonds is 1. The Labute approximate surface area is 76.0 Å². The molecule has 1 rings (SSSR count). The van der Waals surface area contributed by atoms with Gasteiger partial charge in [-0.05, 0) is 6.08 Å². The zero-order valence-electron chi connectivity index (χ0n) is 7.32. The summed E-state index contributed by atoms with van der Waals surface area (Å²) >= 11 is 0. The van der Waals surface area contributed by atoms with Crippen LogP contribution in [0.2, 0.25) is 0 Å². The fourth-order valence-electron chi connectivity index (χ4n) is 0.849. The fraction of sp³-hybridized carbons (Fsp3) is 0.429. The van der Waals surface area contributed by atoms with Crippen LogP contribution in [0.5, 0.6) is 0 Å². The molecule has 0 saturated carbocycles. The molecule has 0 aromatic heterocycles. The number of nitrogens with one attached hydrogen (secondary N) is 2. The first-order valence-corrected chi connectivity index (χ1v) is 3.77. The van der Waals surface area contributed by atoms with Gasteiger partial charge in [0.05, 0.1) is 6.61 Å². The van der Waals surface area contributed by atoms with Crippen molar-refractivity contribution < 1.29 is 9.94 Å². The molecule has 0 radical (unpaired) electrons. The maximum atomic E-state index is 8.50. The lowest BCUT2D eigenvalue weighted by atomic mass is 10.3. The van der Waals surface area contributed by atoms with E-state index in [9.17, 15) is 0 Å². The van der Waals surface area contributed by atoms with Crippen molar-refractivity contribution in [1.29, 1.82) is 5.41 Å². The molecule has 1 aliphatic rings. The minimum atomic E-state index is -0.134. The minimum Gasteiger partial charge on any atom is -0.356 e. The van der Waals surface area contributed by atoms with Gasteiger partial charge < -0.3 is 4.74 Å². The number of hydrogen-bond acceptors (Lipinski definition) is 5. The number of hydroxylamine groups is 1. The van der Waals surface area contributed by atoms with Crippen LogP contribution in [-0.4, -0.2) is 42.1 Å². The maximum absolute atomic E-state index is 8.50. The Hall–Kier alpha value is -1.40. The highest BCUT2D eigenvalue weighted by Gasteiger charge is 2.05. The SMILES string of the molecule is CN1COC/C=C\C(C(=N)NO)=N/1. The summed E-state index contributed by atoms with van der Waals surface area (Å²) in [5, 5.41) is 21.3. The van der Waals surface area contributed by atoms with Crippen LogP contribution in [0.15, 0.2) is 17.3 Å². The van der Waals surface area contributed by atoms with Crippen molar-refractivity contribution in [2.75, 3.05) is 20.4 Å². The normalized spacial score (nSPS) is 23.8. The average Bonchev–Trinajstić information content (AvgIpc) is 2.10. The molecule has 0 aromatic carbocycles. The summed E-state index contributed by atoms with van der Waals surface area (Å²) in [6.07, 6.45) is 3.35. The van der Waals surface area contributed by atoms with Gasteiger partial charge in [-0.1, -0.05) is 6.08 Å². The minimum absolute atomic E-state index is 0.134. The summed E-state index contributed by atoms with van der Waals surface area (Å²) < 4.78 is 5.13. The van der Waals surface area contributed by atoms with Crippen molar-refractivity contribution in [2.24, 2.45) is 5.10 Å². The molecule has 0 spiro atoms. The highest BCUT2D eigenvalue weighted by Crippen LogP contribution is 1.94. The van der Waals surface area contributed by atoms with Crippen LogP contribution in [0, 0.1) is 5.41 Å². The zero-order valence-corrected chi connectivity index (χ0v) is 7.32. The fourth-order valence-corrected chi connectivity index (χ4v) is 0.849. The molecule has 0 aromatic rings. The van der Waals surface area contributed by atoms with Crippen molar-refractivity contribution in [3.63, 3.8) is 0 Å². The standard InChI is InChI=1S/C7H12N4O2/c1-11-5-13-4-2-3-6(9-11)7(8)10-12/h2-3,12H,4-5H2,1H3,(H2,8,10)/b3-2-,9-6+. The molecule has 6 heteroatoms. The second-order valence-electron chi connectivity index (χ2n) is 2.53. The van der Waals surface area contributed by atoms with Crippen LogP contribution in [0.25, 0.3) is 0 Å². The quantitative estimate of drug-likeness (QED) is 0.299. The third-order valence-electron chi connectivity index (χ3n) is 1.41. The van der Waals surface area contributed by atoms with E-state index in [1.807, 2.05) is 0 Å². The first-order valence-electron chi connectivity index (χ1n) is 3.77. The van der Waals surface area contributed by atoms with Gasteiger partial charge in [0.15, 0.2) is 5.84 Å². The van der Waals surface area contributed by atoms with Gasteiger partial charge >= 0.3 is 0 Å². The Balaban J connectivity index is 2.77. The molecule has 0 amide bonds. The Morgan fingerprint density at radius 3 is 3.31 bits per heavy atom. The lowest BCUT2D eigenvalue weighted by molar-refractivity contribution is 0.0608.